The number of halogens is 1. The topological polar surface area (TPSA) is 108 Å². The molecule has 0 radical (unpaired) electrons. The number of rotatable bonds is 6. The lowest BCUT2D eigenvalue weighted by Gasteiger charge is -2.08. The third-order valence-electron chi connectivity index (χ3n) is 5.87. The van der Waals surface area contributed by atoms with E-state index in [1.54, 1.807) is 28.1 Å². The molecule has 1 amide bonds. The van der Waals surface area contributed by atoms with Crippen LogP contribution in [0.25, 0.3) is 16.9 Å². The number of aryl methyl sites for hydroxylation is 2. The van der Waals surface area contributed by atoms with E-state index in [-0.39, 0.29) is 29.5 Å². The number of fused-ring (bicyclic) bond motifs is 3. The molecule has 5 aromatic rings. The standard InChI is InChI=1S/C24H22FN7O3S/c1-14-4-10-17(11-5-14)26-18(33)13-36-23-28-27-22-31(12-15-6-8-16(25)9-7-15)19-20(32(22)23)29(2)24(35)30(3)21(19)34/h4-11H,12-13H2,1-3H3,(H,26,33). The number of nitrogens with one attached hydrogen (secondary N) is 1. The average Bonchev–Trinajstić information content (AvgIpc) is 3.41. The van der Waals surface area contributed by atoms with Crippen molar-refractivity contribution in [3.63, 3.8) is 0 Å². The van der Waals surface area contributed by atoms with Crippen LogP contribution in [-0.2, 0) is 25.4 Å². The molecule has 0 atom stereocenters. The minimum atomic E-state index is -0.505. The Kier molecular flexibility index (Phi) is 5.96. The molecule has 3 heterocycles. The van der Waals surface area contributed by atoms with Gasteiger partial charge in [0.25, 0.3) is 5.56 Å². The van der Waals surface area contributed by atoms with Gasteiger partial charge in [-0.2, -0.15) is 0 Å². The number of hydrogen-bond donors (Lipinski definition) is 1. The molecular weight excluding hydrogens is 485 g/mol. The van der Waals surface area contributed by atoms with Gasteiger partial charge in [0.2, 0.25) is 11.7 Å². The van der Waals surface area contributed by atoms with E-state index in [0.717, 1.165) is 27.5 Å². The molecule has 10 nitrogen and oxygen atoms in total. The molecule has 5 rings (SSSR count). The summed E-state index contributed by atoms with van der Waals surface area (Å²) in [4.78, 5) is 38.5. The van der Waals surface area contributed by atoms with Gasteiger partial charge in [-0.3, -0.25) is 23.3 Å². The Balaban J connectivity index is 1.56. The molecule has 0 aliphatic rings. The first kappa shape index (κ1) is 23.5. The third-order valence-corrected chi connectivity index (χ3v) is 6.80. The number of anilines is 1. The second-order valence-corrected chi connectivity index (χ2v) is 9.35. The Morgan fingerprint density at radius 3 is 2.39 bits per heavy atom. The molecule has 0 aliphatic heterocycles. The van der Waals surface area contributed by atoms with E-state index in [1.165, 1.54) is 23.7 Å². The molecule has 0 spiro atoms. The molecule has 0 saturated heterocycles. The van der Waals surface area contributed by atoms with Gasteiger partial charge in [0.05, 0.1) is 12.3 Å². The highest BCUT2D eigenvalue weighted by Gasteiger charge is 2.24. The van der Waals surface area contributed by atoms with Crippen LogP contribution in [0, 0.1) is 12.7 Å². The summed E-state index contributed by atoms with van der Waals surface area (Å²) < 4.78 is 19.1. The SMILES string of the molecule is Cc1ccc(NC(=O)CSc2nnc3n(Cc4ccc(F)cc4)c4c(=O)n(C)c(=O)n(C)c4n23)cc1. The Morgan fingerprint density at radius 1 is 1.00 bits per heavy atom. The van der Waals surface area contributed by atoms with Crippen molar-refractivity contribution in [1.82, 2.24) is 28.3 Å². The zero-order chi connectivity index (χ0) is 25.6. The maximum Gasteiger partial charge on any atom is 0.332 e. The first-order valence-electron chi connectivity index (χ1n) is 11.0. The summed E-state index contributed by atoms with van der Waals surface area (Å²) in [6.07, 6.45) is 0. The number of aromatic nitrogens is 6. The first-order chi connectivity index (χ1) is 17.2. The lowest BCUT2D eigenvalue weighted by atomic mass is 10.2. The number of nitrogens with zero attached hydrogens (tertiary/aromatic N) is 6. The third kappa shape index (κ3) is 4.09. The monoisotopic (exact) mass is 507 g/mol. The highest BCUT2D eigenvalue weighted by molar-refractivity contribution is 7.99. The van der Waals surface area contributed by atoms with Crippen LogP contribution in [0.2, 0.25) is 0 Å². The number of hydrogen-bond acceptors (Lipinski definition) is 6. The van der Waals surface area contributed by atoms with Crippen molar-refractivity contribution in [2.75, 3.05) is 11.1 Å². The van der Waals surface area contributed by atoms with Crippen molar-refractivity contribution < 1.29 is 9.18 Å². The molecule has 0 bridgehead atoms. The van der Waals surface area contributed by atoms with Crippen molar-refractivity contribution in [2.45, 2.75) is 18.6 Å². The average molecular weight is 508 g/mol. The van der Waals surface area contributed by atoms with E-state index < -0.39 is 11.2 Å². The van der Waals surface area contributed by atoms with Crippen LogP contribution in [0.1, 0.15) is 11.1 Å². The van der Waals surface area contributed by atoms with Crippen molar-refractivity contribution in [3.8, 4) is 0 Å². The summed E-state index contributed by atoms with van der Waals surface area (Å²) in [5.41, 5.74) is 2.07. The van der Waals surface area contributed by atoms with E-state index in [4.69, 9.17) is 0 Å². The van der Waals surface area contributed by atoms with Gasteiger partial charge in [-0.25, -0.2) is 13.6 Å². The van der Waals surface area contributed by atoms with Crippen LogP contribution < -0.4 is 16.6 Å². The van der Waals surface area contributed by atoms with E-state index in [0.29, 0.717) is 22.3 Å². The quantitative estimate of drug-likeness (QED) is 0.354. The maximum atomic E-state index is 13.4. The molecule has 1 N–H and O–H groups in total. The van der Waals surface area contributed by atoms with E-state index in [9.17, 15) is 18.8 Å². The number of thioether (sulfide) groups is 1. The highest BCUT2D eigenvalue weighted by Crippen LogP contribution is 2.25. The smallest absolute Gasteiger partial charge is 0.325 e. The maximum absolute atomic E-state index is 13.4. The normalized spacial score (nSPS) is 11.4. The fourth-order valence-corrected chi connectivity index (χ4v) is 4.74. The minimum absolute atomic E-state index is 0.0398. The molecule has 0 aliphatic carbocycles. The van der Waals surface area contributed by atoms with Crippen molar-refractivity contribution in [3.05, 3.63) is 86.3 Å². The first-order valence-corrected chi connectivity index (χ1v) is 12.0. The van der Waals surface area contributed by atoms with Gasteiger partial charge in [-0.1, -0.05) is 41.6 Å². The zero-order valence-corrected chi connectivity index (χ0v) is 20.5. The summed E-state index contributed by atoms with van der Waals surface area (Å²) in [6, 6.07) is 13.4. The number of carbonyl (C=O) groups excluding carboxylic acids is 1. The molecule has 12 heteroatoms. The van der Waals surface area contributed by atoms with Gasteiger partial charge in [-0.15, -0.1) is 10.2 Å². The summed E-state index contributed by atoms with van der Waals surface area (Å²) in [5, 5.41) is 11.7. The van der Waals surface area contributed by atoms with Gasteiger partial charge in [0, 0.05) is 19.8 Å². The zero-order valence-electron chi connectivity index (χ0n) is 19.7. The van der Waals surface area contributed by atoms with Gasteiger partial charge < -0.3 is 5.32 Å². The molecule has 36 heavy (non-hydrogen) atoms. The van der Waals surface area contributed by atoms with Crippen molar-refractivity contribution >= 4 is 40.3 Å². The molecule has 184 valence electrons. The second-order valence-electron chi connectivity index (χ2n) is 8.41. The molecule has 0 fully saturated rings. The molecule has 0 unspecified atom stereocenters. The molecular formula is C24H22FN7O3S. The lowest BCUT2D eigenvalue weighted by molar-refractivity contribution is -0.113. The predicted octanol–water partition coefficient (Wildman–Crippen LogP) is 2.31. The molecule has 2 aromatic carbocycles. The Bertz CT molecular complexity index is 1730. The van der Waals surface area contributed by atoms with E-state index >= 15 is 0 Å². The van der Waals surface area contributed by atoms with Gasteiger partial charge >= 0.3 is 5.69 Å². The molecule has 0 saturated carbocycles. The number of imidazole rings is 1. The summed E-state index contributed by atoms with van der Waals surface area (Å²) in [6.45, 7) is 2.17. The van der Waals surface area contributed by atoms with Crippen LogP contribution >= 0.6 is 11.8 Å². The highest BCUT2D eigenvalue weighted by atomic mass is 32.2. The van der Waals surface area contributed by atoms with Crippen molar-refractivity contribution in [1.29, 1.82) is 0 Å². The Hall–Kier alpha value is -4.19. The Labute approximate surface area is 208 Å². The van der Waals surface area contributed by atoms with Gasteiger partial charge in [-0.05, 0) is 36.8 Å². The van der Waals surface area contributed by atoms with Crippen molar-refractivity contribution in [2.24, 2.45) is 14.1 Å². The fraction of sp³-hybridized carbons (Fsp3) is 0.208. The minimum Gasteiger partial charge on any atom is -0.325 e. The van der Waals surface area contributed by atoms with Gasteiger partial charge in [0.15, 0.2) is 16.3 Å². The summed E-state index contributed by atoms with van der Waals surface area (Å²) in [7, 11) is 2.97. The summed E-state index contributed by atoms with van der Waals surface area (Å²) >= 11 is 1.14. The van der Waals surface area contributed by atoms with Crippen LogP contribution in [0.4, 0.5) is 10.1 Å². The number of carbonyl (C=O) groups is 1. The number of benzene rings is 2. The lowest BCUT2D eigenvalue weighted by Crippen LogP contribution is -2.37. The largest absolute Gasteiger partial charge is 0.332 e. The molecule has 3 aromatic heterocycles. The summed E-state index contributed by atoms with van der Waals surface area (Å²) in [5.74, 6) is -0.239. The van der Waals surface area contributed by atoms with Gasteiger partial charge in [0.1, 0.15) is 5.82 Å². The Morgan fingerprint density at radius 2 is 1.69 bits per heavy atom. The van der Waals surface area contributed by atoms with E-state index in [2.05, 4.69) is 15.5 Å². The van der Waals surface area contributed by atoms with Crippen LogP contribution in [-0.4, -0.2) is 40.0 Å². The van der Waals surface area contributed by atoms with E-state index in [1.807, 2.05) is 31.2 Å². The van der Waals surface area contributed by atoms with Crippen LogP contribution in [0.15, 0.2) is 63.3 Å². The van der Waals surface area contributed by atoms with Crippen LogP contribution in [0.5, 0.6) is 0 Å². The second kappa shape index (κ2) is 9.11. The number of amides is 1. The fourth-order valence-electron chi connectivity index (χ4n) is 4.01. The van der Waals surface area contributed by atoms with Crippen LogP contribution in [0.3, 0.4) is 0 Å². The predicted molar refractivity (Wildman–Crippen MR) is 135 cm³/mol.